The van der Waals surface area contributed by atoms with Crippen molar-refractivity contribution in [2.75, 3.05) is 0 Å². The van der Waals surface area contributed by atoms with Crippen LogP contribution in [0.3, 0.4) is 0 Å². The molecular formula is C8H13NO. The van der Waals surface area contributed by atoms with Crippen LogP contribution in [-0.4, -0.2) is 11.2 Å². The molecule has 1 N–H and O–H groups in total. The van der Waals surface area contributed by atoms with E-state index in [0.29, 0.717) is 5.57 Å². The number of aliphatic hydroxyl groups excluding tert-OH is 1. The SMILES string of the molecule is C=C(C)C(C)(C#N)C(C)O. The van der Waals surface area contributed by atoms with Crippen LogP contribution >= 0.6 is 0 Å². The summed E-state index contributed by atoms with van der Waals surface area (Å²) >= 11 is 0. The highest BCUT2D eigenvalue weighted by atomic mass is 16.3. The molecule has 0 aliphatic heterocycles. The maximum atomic E-state index is 9.16. The molecule has 2 unspecified atom stereocenters. The number of nitriles is 1. The maximum Gasteiger partial charge on any atom is 0.100 e. The summed E-state index contributed by atoms with van der Waals surface area (Å²) in [4.78, 5) is 0. The minimum atomic E-state index is -0.792. The van der Waals surface area contributed by atoms with Crippen LogP contribution in [0.2, 0.25) is 0 Å². The molecule has 2 atom stereocenters. The van der Waals surface area contributed by atoms with E-state index in [9.17, 15) is 0 Å². The largest absolute Gasteiger partial charge is 0.391 e. The second kappa shape index (κ2) is 2.85. The monoisotopic (exact) mass is 139 g/mol. The van der Waals surface area contributed by atoms with Gasteiger partial charge in [-0.3, -0.25) is 0 Å². The summed E-state index contributed by atoms with van der Waals surface area (Å²) < 4.78 is 0. The Labute approximate surface area is 61.8 Å². The Morgan fingerprint density at radius 2 is 2.20 bits per heavy atom. The van der Waals surface area contributed by atoms with Crippen molar-refractivity contribution < 1.29 is 5.11 Å². The summed E-state index contributed by atoms with van der Waals surface area (Å²) in [5.74, 6) is 0. The van der Waals surface area contributed by atoms with E-state index in [0.717, 1.165) is 0 Å². The van der Waals surface area contributed by atoms with Crippen molar-refractivity contribution >= 4 is 0 Å². The normalized spacial score (nSPS) is 18.7. The number of hydrogen-bond donors (Lipinski definition) is 1. The van der Waals surface area contributed by atoms with Crippen LogP contribution in [0.5, 0.6) is 0 Å². The lowest BCUT2D eigenvalue weighted by atomic mass is 9.81. The zero-order valence-electron chi connectivity index (χ0n) is 6.68. The van der Waals surface area contributed by atoms with Gasteiger partial charge in [0.2, 0.25) is 0 Å². The molecule has 0 aromatic carbocycles. The molecule has 0 spiro atoms. The molecule has 0 fully saturated rings. The lowest BCUT2D eigenvalue weighted by Gasteiger charge is -2.24. The molecule has 0 amide bonds. The van der Waals surface area contributed by atoms with Crippen molar-refractivity contribution in [1.29, 1.82) is 5.26 Å². The van der Waals surface area contributed by atoms with E-state index in [4.69, 9.17) is 10.4 Å². The van der Waals surface area contributed by atoms with Crippen molar-refractivity contribution in [3.63, 3.8) is 0 Å². The smallest absolute Gasteiger partial charge is 0.100 e. The van der Waals surface area contributed by atoms with Crippen LogP contribution in [0.25, 0.3) is 0 Å². The Kier molecular flexibility index (Phi) is 2.62. The third kappa shape index (κ3) is 1.37. The highest BCUT2D eigenvalue weighted by Gasteiger charge is 2.30. The molecule has 2 nitrogen and oxygen atoms in total. The quantitative estimate of drug-likeness (QED) is 0.589. The second-order valence-electron chi connectivity index (χ2n) is 2.77. The fraction of sp³-hybridized carbons (Fsp3) is 0.625. The molecule has 10 heavy (non-hydrogen) atoms. The Hall–Kier alpha value is -0.810. The third-order valence-electron chi connectivity index (χ3n) is 1.95. The molecule has 0 aromatic heterocycles. The van der Waals surface area contributed by atoms with Gasteiger partial charge >= 0.3 is 0 Å². The van der Waals surface area contributed by atoms with Gasteiger partial charge < -0.3 is 5.11 Å². The fourth-order valence-corrected chi connectivity index (χ4v) is 0.545. The molecule has 0 bridgehead atoms. The van der Waals surface area contributed by atoms with Crippen LogP contribution < -0.4 is 0 Å². The van der Waals surface area contributed by atoms with Crippen LogP contribution in [-0.2, 0) is 0 Å². The Morgan fingerprint density at radius 1 is 1.80 bits per heavy atom. The van der Waals surface area contributed by atoms with Gasteiger partial charge in [0.15, 0.2) is 0 Å². The van der Waals surface area contributed by atoms with E-state index in [1.54, 1.807) is 20.8 Å². The van der Waals surface area contributed by atoms with Gasteiger partial charge in [0.1, 0.15) is 5.41 Å². The molecule has 0 aromatic rings. The maximum absolute atomic E-state index is 9.16. The van der Waals surface area contributed by atoms with E-state index < -0.39 is 11.5 Å². The summed E-state index contributed by atoms with van der Waals surface area (Å²) in [7, 11) is 0. The summed E-state index contributed by atoms with van der Waals surface area (Å²) in [6, 6.07) is 2.03. The molecule has 0 rings (SSSR count). The van der Waals surface area contributed by atoms with Gasteiger partial charge in [-0.25, -0.2) is 0 Å². The zero-order valence-corrected chi connectivity index (χ0v) is 6.68. The summed E-state index contributed by atoms with van der Waals surface area (Å²) in [6.07, 6.45) is -0.657. The third-order valence-corrected chi connectivity index (χ3v) is 1.95. The highest BCUT2D eigenvalue weighted by molar-refractivity contribution is 5.19. The first-order valence-electron chi connectivity index (χ1n) is 3.20. The van der Waals surface area contributed by atoms with Gasteiger partial charge in [-0.15, -0.1) is 0 Å². The van der Waals surface area contributed by atoms with Crippen LogP contribution in [0, 0.1) is 16.7 Å². The summed E-state index contributed by atoms with van der Waals surface area (Å²) in [5, 5.41) is 17.8. The van der Waals surface area contributed by atoms with Crippen molar-refractivity contribution in [1.82, 2.24) is 0 Å². The van der Waals surface area contributed by atoms with E-state index in [1.807, 2.05) is 6.07 Å². The number of nitrogens with zero attached hydrogens (tertiary/aromatic N) is 1. The molecule has 0 radical (unpaired) electrons. The minimum absolute atomic E-state index is 0.657. The van der Waals surface area contributed by atoms with E-state index in [1.165, 1.54) is 0 Å². The molecule has 56 valence electrons. The zero-order chi connectivity index (χ0) is 8.36. The molecule has 0 saturated heterocycles. The van der Waals surface area contributed by atoms with Gasteiger partial charge in [0.25, 0.3) is 0 Å². The standard InChI is InChI=1S/C8H13NO/c1-6(2)8(4,5-9)7(3)10/h7,10H,1H2,2-4H3. The lowest BCUT2D eigenvalue weighted by Crippen LogP contribution is -2.28. The molecular weight excluding hydrogens is 126 g/mol. The van der Waals surface area contributed by atoms with E-state index in [2.05, 4.69) is 6.58 Å². The first-order chi connectivity index (χ1) is 4.45. The average Bonchev–Trinajstić information content (AvgIpc) is 1.85. The minimum Gasteiger partial charge on any atom is -0.391 e. The molecule has 0 saturated carbocycles. The predicted octanol–water partition coefficient (Wildman–Crippen LogP) is 1.47. The first kappa shape index (κ1) is 9.19. The van der Waals surface area contributed by atoms with E-state index in [-0.39, 0.29) is 0 Å². The second-order valence-corrected chi connectivity index (χ2v) is 2.77. The molecule has 0 aliphatic rings. The van der Waals surface area contributed by atoms with Crippen LogP contribution in [0.1, 0.15) is 20.8 Å². The van der Waals surface area contributed by atoms with Crippen LogP contribution in [0.15, 0.2) is 12.2 Å². The highest BCUT2D eigenvalue weighted by Crippen LogP contribution is 2.27. The summed E-state index contributed by atoms with van der Waals surface area (Å²) in [5.41, 5.74) is -0.0926. The molecule has 2 heteroatoms. The van der Waals surface area contributed by atoms with Gasteiger partial charge in [-0.2, -0.15) is 5.26 Å². The number of aliphatic hydroxyl groups is 1. The predicted molar refractivity (Wildman–Crippen MR) is 40.2 cm³/mol. The van der Waals surface area contributed by atoms with Gasteiger partial charge in [-0.05, 0) is 20.8 Å². The summed E-state index contributed by atoms with van der Waals surface area (Å²) in [6.45, 7) is 8.66. The Balaban J connectivity index is 4.60. The fourth-order valence-electron chi connectivity index (χ4n) is 0.545. The Morgan fingerprint density at radius 3 is 2.20 bits per heavy atom. The molecule has 0 aliphatic carbocycles. The number of rotatable bonds is 2. The lowest BCUT2D eigenvalue weighted by molar-refractivity contribution is 0.115. The number of hydrogen-bond acceptors (Lipinski definition) is 2. The van der Waals surface area contributed by atoms with Crippen molar-refractivity contribution in [3.05, 3.63) is 12.2 Å². The topological polar surface area (TPSA) is 44.0 Å². The van der Waals surface area contributed by atoms with Crippen LogP contribution in [0.4, 0.5) is 0 Å². The van der Waals surface area contributed by atoms with Gasteiger partial charge in [0, 0.05) is 0 Å². The average molecular weight is 139 g/mol. The van der Waals surface area contributed by atoms with Crippen molar-refractivity contribution in [3.8, 4) is 6.07 Å². The van der Waals surface area contributed by atoms with E-state index >= 15 is 0 Å². The van der Waals surface area contributed by atoms with Gasteiger partial charge in [0.05, 0.1) is 12.2 Å². The van der Waals surface area contributed by atoms with Crippen molar-refractivity contribution in [2.24, 2.45) is 5.41 Å². The van der Waals surface area contributed by atoms with Crippen molar-refractivity contribution in [2.45, 2.75) is 26.9 Å². The van der Waals surface area contributed by atoms with Gasteiger partial charge in [-0.1, -0.05) is 12.2 Å². The first-order valence-corrected chi connectivity index (χ1v) is 3.20. The Bertz CT molecular complexity index is 178. The molecule has 0 heterocycles.